The highest BCUT2D eigenvalue weighted by molar-refractivity contribution is 8.00. The Bertz CT molecular complexity index is 372. The summed E-state index contributed by atoms with van der Waals surface area (Å²) in [6, 6.07) is 9.53. The Morgan fingerprint density at radius 3 is 2.88 bits per heavy atom. The van der Waals surface area contributed by atoms with E-state index in [0.29, 0.717) is 11.3 Å². The van der Waals surface area contributed by atoms with Crippen LogP contribution in [0.2, 0.25) is 0 Å². The van der Waals surface area contributed by atoms with Crippen LogP contribution in [0.15, 0.2) is 29.2 Å². The average molecular weight is 249 g/mol. The molecule has 0 radical (unpaired) electrons. The lowest BCUT2D eigenvalue weighted by atomic mass is 10.0. The molecule has 3 rings (SSSR count). The number of rotatable bonds is 4. The van der Waals surface area contributed by atoms with Crippen LogP contribution in [0.4, 0.5) is 0 Å². The summed E-state index contributed by atoms with van der Waals surface area (Å²) in [5.41, 5.74) is 1.50. The number of hydrogen-bond donors (Lipinski definition) is 1. The molecule has 1 atom stereocenters. The predicted molar refractivity (Wildman–Crippen MR) is 71.6 cm³/mol. The molecule has 1 unspecified atom stereocenters. The predicted octanol–water partition coefficient (Wildman–Crippen LogP) is 2.47. The zero-order chi connectivity index (χ0) is 11.5. The van der Waals surface area contributed by atoms with Crippen LogP contribution in [0, 0.1) is 0 Å². The summed E-state index contributed by atoms with van der Waals surface area (Å²) in [6.45, 7) is 3.03. The van der Waals surface area contributed by atoms with Gasteiger partial charge in [-0.25, -0.2) is 0 Å². The monoisotopic (exact) mass is 249 g/mol. The summed E-state index contributed by atoms with van der Waals surface area (Å²) >= 11 is 1.99. The summed E-state index contributed by atoms with van der Waals surface area (Å²) in [6.07, 6.45) is 3.83. The molecule has 92 valence electrons. The molecule has 2 aliphatic rings. The highest BCUT2D eigenvalue weighted by Gasteiger charge is 2.22. The van der Waals surface area contributed by atoms with E-state index in [2.05, 4.69) is 29.6 Å². The van der Waals surface area contributed by atoms with E-state index in [1.807, 2.05) is 11.8 Å². The van der Waals surface area contributed by atoms with Crippen molar-refractivity contribution in [2.45, 2.75) is 35.4 Å². The number of hydrogen-bond acceptors (Lipinski definition) is 3. The van der Waals surface area contributed by atoms with Crippen LogP contribution in [0.25, 0.3) is 0 Å². The van der Waals surface area contributed by atoms with E-state index < -0.39 is 0 Å². The van der Waals surface area contributed by atoms with Gasteiger partial charge < -0.3 is 10.1 Å². The van der Waals surface area contributed by atoms with Crippen molar-refractivity contribution in [2.24, 2.45) is 0 Å². The van der Waals surface area contributed by atoms with Crippen molar-refractivity contribution in [3.05, 3.63) is 29.8 Å². The molecule has 2 heterocycles. The van der Waals surface area contributed by atoms with Gasteiger partial charge in [-0.1, -0.05) is 18.2 Å². The van der Waals surface area contributed by atoms with Crippen LogP contribution >= 0.6 is 11.8 Å². The van der Waals surface area contributed by atoms with Gasteiger partial charge in [-0.3, -0.25) is 0 Å². The van der Waals surface area contributed by atoms with E-state index in [1.54, 1.807) is 0 Å². The van der Waals surface area contributed by atoms with Crippen molar-refractivity contribution in [3.63, 3.8) is 0 Å². The molecule has 17 heavy (non-hydrogen) atoms. The van der Waals surface area contributed by atoms with Gasteiger partial charge in [-0.15, -0.1) is 11.8 Å². The van der Waals surface area contributed by atoms with Gasteiger partial charge in [0.25, 0.3) is 0 Å². The van der Waals surface area contributed by atoms with Gasteiger partial charge >= 0.3 is 0 Å². The fourth-order valence-electron chi connectivity index (χ4n) is 2.45. The highest BCUT2D eigenvalue weighted by Crippen LogP contribution is 2.31. The Hall–Kier alpha value is -0.510. The van der Waals surface area contributed by atoms with Crippen LogP contribution in [-0.4, -0.2) is 31.1 Å². The molecule has 0 aliphatic carbocycles. The first-order valence-corrected chi connectivity index (χ1v) is 7.35. The van der Waals surface area contributed by atoms with E-state index in [9.17, 15) is 0 Å². The van der Waals surface area contributed by atoms with Crippen molar-refractivity contribution in [1.82, 2.24) is 5.32 Å². The molecule has 0 aromatic heterocycles. The second-order valence-corrected chi connectivity index (χ2v) is 6.22. The molecular weight excluding hydrogens is 230 g/mol. The van der Waals surface area contributed by atoms with E-state index >= 15 is 0 Å². The van der Waals surface area contributed by atoms with Crippen LogP contribution in [0.5, 0.6) is 0 Å². The molecule has 0 amide bonds. The Morgan fingerprint density at radius 1 is 1.29 bits per heavy atom. The third-order valence-corrected chi connectivity index (χ3v) is 4.76. The van der Waals surface area contributed by atoms with Crippen LogP contribution in [0.1, 0.15) is 18.4 Å². The van der Waals surface area contributed by atoms with E-state index in [0.717, 1.165) is 13.2 Å². The number of thioether (sulfide) groups is 1. The molecule has 0 bridgehead atoms. The van der Waals surface area contributed by atoms with E-state index in [-0.39, 0.29) is 0 Å². The molecule has 0 saturated carbocycles. The third kappa shape index (κ3) is 2.84. The fraction of sp³-hybridized carbons (Fsp3) is 0.571. The maximum atomic E-state index is 5.25. The van der Waals surface area contributed by atoms with E-state index in [1.165, 1.54) is 36.3 Å². The molecule has 3 heteroatoms. The Kier molecular flexibility index (Phi) is 3.69. The summed E-state index contributed by atoms with van der Waals surface area (Å²) < 4.78 is 5.25. The molecule has 0 spiro atoms. The number of ether oxygens (including phenoxy) is 1. The molecule has 2 saturated heterocycles. The summed E-state index contributed by atoms with van der Waals surface area (Å²) in [5, 5.41) is 4.25. The second-order valence-electron chi connectivity index (χ2n) is 4.88. The fourth-order valence-corrected chi connectivity index (χ4v) is 3.59. The van der Waals surface area contributed by atoms with Crippen molar-refractivity contribution in [3.8, 4) is 0 Å². The zero-order valence-electron chi connectivity index (χ0n) is 10.0. The smallest absolute Gasteiger partial charge is 0.0611 e. The van der Waals surface area contributed by atoms with Crippen molar-refractivity contribution in [2.75, 3.05) is 19.8 Å². The molecule has 1 aromatic rings. The standard InChI is InChI=1S/C14H19NOS/c1-2-6-14(17-13-9-16-10-13)11(4-1)8-12-5-3-7-15-12/h1-2,4,6,12-13,15H,3,5,7-10H2. The number of nitrogens with one attached hydrogen (secondary N) is 1. The average Bonchev–Trinajstić information content (AvgIpc) is 2.78. The molecule has 2 fully saturated rings. The minimum atomic E-state index is 0.674. The van der Waals surface area contributed by atoms with Gasteiger partial charge in [0.05, 0.1) is 18.5 Å². The first kappa shape index (κ1) is 11.6. The minimum absolute atomic E-state index is 0.674. The minimum Gasteiger partial charge on any atom is -0.379 e. The largest absolute Gasteiger partial charge is 0.379 e. The first-order valence-electron chi connectivity index (χ1n) is 6.47. The van der Waals surface area contributed by atoms with Gasteiger partial charge in [0, 0.05) is 10.9 Å². The second kappa shape index (κ2) is 5.42. The van der Waals surface area contributed by atoms with Crippen molar-refractivity contribution >= 4 is 11.8 Å². The summed E-state index contributed by atoms with van der Waals surface area (Å²) in [7, 11) is 0. The molecular formula is C14H19NOS. The molecule has 1 N–H and O–H groups in total. The lowest BCUT2D eigenvalue weighted by Gasteiger charge is -2.26. The topological polar surface area (TPSA) is 21.3 Å². The van der Waals surface area contributed by atoms with Crippen molar-refractivity contribution in [1.29, 1.82) is 0 Å². The quantitative estimate of drug-likeness (QED) is 0.886. The van der Waals surface area contributed by atoms with Crippen LogP contribution in [0.3, 0.4) is 0 Å². The first-order chi connectivity index (χ1) is 8.42. The van der Waals surface area contributed by atoms with E-state index in [4.69, 9.17) is 4.74 Å². The lowest BCUT2D eigenvalue weighted by molar-refractivity contribution is 0.0455. The maximum absolute atomic E-state index is 5.25. The van der Waals surface area contributed by atoms with Gasteiger partial charge in [0.2, 0.25) is 0 Å². The highest BCUT2D eigenvalue weighted by atomic mass is 32.2. The SMILES string of the molecule is c1ccc(SC2COC2)c(CC2CCCN2)c1. The van der Waals surface area contributed by atoms with Crippen molar-refractivity contribution < 1.29 is 4.74 Å². The van der Waals surface area contributed by atoms with Gasteiger partial charge in [0.15, 0.2) is 0 Å². The summed E-state index contributed by atoms with van der Waals surface area (Å²) in [5.74, 6) is 0. The molecule has 2 aliphatic heterocycles. The molecule has 1 aromatic carbocycles. The van der Waals surface area contributed by atoms with Crippen LogP contribution < -0.4 is 5.32 Å². The third-order valence-electron chi connectivity index (χ3n) is 3.50. The maximum Gasteiger partial charge on any atom is 0.0611 e. The lowest BCUT2D eigenvalue weighted by Crippen LogP contribution is -2.30. The normalized spacial score (nSPS) is 24.8. The Balaban J connectivity index is 1.68. The zero-order valence-corrected chi connectivity index (χ0v) is 10.8. The van der Waals surface area contributed by atoms with Gasteiger partial charge in [-0.2, -0.15) is 0 Å². The van der Waals surface area contributed by atoms with Crippen LogP contribution in [-0.2, 0) is 11.2 Å². The summed E-state index contributed by atoms with van der Waals surface area (Å²) in [4.78, 5) is 1.45. The Labute approximate surface area is 107 Å². The number of benzene rings is 1. The van der Waals surface area contributed by atoms with Gasteiger partial charge in [-0.05, 0) is 37.4 Å². The Morgan fingerprint density at radius 2 is 2.18 bits per heavy atom. The van der Waals surface area contributed by atoms with Gasteiger partial charge in [0.1, 0.15) is 0 Å². The molecule has 2 nitrogen and oxygen atoms in total.